The topological polar surface area (TPSA) is 9.23 Å². The number of ether oxygens (including phenoxy) is 1. The first-order chi connectivity index (χ1) is 4.33. The van der Waals surface area contributed by atoms with Gasteiger partial charge in [-0.05, 0) is 13.3 Å². The summed E-state index contributed by atoms with van der Waals surface area (Å²) in [4.78, 5) is 0. The number of hydrogen-bond donors (Lipinski definition) is 0. The molecule has 0 unspecified atom stereocenters. The van der Waals surface area contributed by atoms with E-state index >= 15 is 0 Å². The molecule has 1 aliphatic rings. The van der Waals surface area contributed by atoms with E-state index in [1.165, 1.54) is 5.57 Å². The van der Waals surface area contributed by atoms with E-state index in [0.29, 0.717) is 6.10 Å². The Morgan fingerprint density at radius 2 is 2.44 bits per heavy atom. The molecule has 50 valence electrons. The van der Waals surface area contributed by atoms with Gasteiger partial charge in [-0.1, -0.05) is 23.8 Å². The lowest BCUT2D eigenvalue weighted by Crippen LogP contribution is -2.07. The Kier molecular flexibility index (Phi) is 2.06. The van der Waals surface area contributed by atoms with Crippen molar-refractivity contribution in [2.24, 2.45) is 0 Å². The van der Waals surface area contributed by atoms with Crippen LogP contribution in [-0.4, -0.2) is 13.2 Å². The van der Waals surface area contributed by atoms with Crippen LogP contribution in [0.25, 0.3) is 0 Å². The van der Waals surface area contributed by atoms with Crippen molar-refractivity contribution in [1.29, 1.82) is 0 Å². The summed E-state index contributed by atoms with van der Waals surface area (Å²) in [5.74, 6) is 0. The molecule has 9 heavy (non-hydrogen) atoms. The molecule has 0 saturated carbocycles. The number of hydrogen-bond acceptors (Lipinski definition) is 1. The predicted molar refractivity (Wildman–Crippen MR) is 38.3 cm³/mol. The monoisotopic (exact) mass is 124 g/mol. The molecule has 0 aliphatic heterocycles. The van der Waals surface area contributed by atoms with Crippen LogP contribution in [0.4, 0.5) is 0 Å². The van der Waals surface area contributed by atoms with E-state index in [-0.39, 0.29) is 0 Å². The van der Waals surface area contributed by atoms with Gasteiger partial charge < -0.3 is 4.74 Å². The molecule has 0 fully saturated rings. The molecular formula is C8H12O. The summed E-state index contributed by atoms with van der Waals surface area (Å²) in [6, 6.07) is 0. The van der Waals surface area contributed by atoms with Gasteiger partial charge in [0.2, 0.25) is 0 Å². The largest absolute Gasteiger partial charge is 0.377 e. The van der Waals surface area contributed by atoms with Gasteiger partial charge in [0.25, 0.3) is 0 Å². The third-order valence-electron chi connectivity index (χ3n) is 1.55. The quantitative estimate of drug-likeness (QED) is 0.518. The van der Waals surface area contributed by atoms with Gasteiger partial charge in [0.1, 0.15) is 0 Å². The van der Waals surface area contributed by atoms with Crippen LogP contribution in [0.3, 0.4) is 0 Å². The van der Waals surface area contributed by atoms with Gasteiger partial charge in [-0.2, -0.15) is 0 Å². The van der Waals surface area contributed by atoms with Gasteiger partial charge in [-0.3, -0.25) is 0 Å². The zero-order valence-electron chi connectivity index (χ0n) is 5.92. The molecule has 0 saturated heterocycles. The molecule has 0 spiro atoms. The molecule has 1 aliphatic carbocycles. The Morgan fingerprint density at radius 3 is 2.89 bits per heavy atom. The smallest absolute Gasteiger partial charge is 0.0789 e. The third-order valence-corrected chi connectivity index (χ3v) is 1.55. The first kappa shape index (κ1) is 6.56. The molecule has 0 aromatic rings. The van der Waals surface area contributed by atoms with Gasteiger partial charge in [-0.25, -0.2) is 0 Å². The zero-order chi connectivity index (χ0) is 6.69. The van der Waals surface area contributed by atoms with E-state index in [2.05, 4.69) is 25.2 Å². The maximum atomic E-state index is 5.11. The van der Waals surface area contributed by atoms with Crippen molar-refractivity contribution in [1.82, 2.24) is 0 Å². The highest BCUT2D eigenvalue weighted by Gasteiger charge is 2.02. The molecule has 0 radical (unpaired) electrons. The van der Waals surface area contributed by atoms with E-state index in [1.54, 1.807) is 7.11 Å². The summed E-state index contributed by atoms with van der Waals surface area (Å²) in [6.45, 7) is 2.10. The second-order valence-corrected chi connectivity index (χ2v) is 2.32. The Balaban J connectivity index is 2.48. The van der Waals surface area contributed by atoms with Crippen molar-refractivity contribution in [3.63, 3.8) is 0 Å². The van der Waals surface area contributed by atoms with Gasteiger partial charge in [0.05, 0.1) is 6.10 Å². The molecule has 1 rings (SSSR count). The van der Waals surface area contributed by atoms with E-state index in [4.69, 9.17) is 4.74 Å². The Bertz CT molecular complexity index is 145. The first-order valence-corrected chi connectivity index (χ1v) is 3.20. The summed E-state index contributed by atoms with van der Waals surface area (Å²) in [7, 11) is 1.74. The summed E-state index contributed by atoms with van der Waals surface area (Å²) < 4.78 is 5.11. The first-order valence-electron chi connectivity index (χ1n) is 3.20. The van der Waals surface area contributed by atoms with Gasteiger partial charge in [-0.15, -0.1) is 0 Å². The normalized spacial score (nSPS) is 26.0. The van der Waals surface area contributed by atoms with Crippen molar-refractivity contribution in [2.75, 3.05) is 7.11 Å². The molecule has 1 heteroatoms. The fourth-order valence-electron chi connectivity index (χ4n) is 0.883. The Morgan fingerprint density at radius 1 is 1.67 bits per heavy atom. The molecule has 0 amide bonds. The minimum Gasteiger partial charge on any atom is -0.377 e. The molecule has 1 nitrogen and oxygen atoms in total. The molecule has 0 aromatic carbocycles. The summed E-state index contributed by atoms with van der Waals surface area (Å²) >= 11 is 0. The molecular weight excluding hydrogens is 112 g/mol. The highest BCUT2D eigenvalue weighted by atomic mass is 16.5. The minimum absolute atomic E-state index is 0.314. The second kappa shape index (κ2) is 2.83. The highest BCUT2D eigenvalue weighted by Crippen LogP contribution is 2.11. The van der Waals surface area contributed by atoms with Crippen LogP contribution in [0.1, 0.15) is 13.3 Å². The fraction of sp³-hybridized carbons (Fsp3) is 0.500. The van der Waals surface area contributed by atoms with Crippen molar-refractivity contribution in [3.8, 4) is 0 Å². The van der Waals surface area contributed by atoms with Gasteiger partial charge in [0, 0.05) is 7.11 Å². The van der Waals surface area contributed by atoms with Crippen molar-refractivity contribution < 1.29 is 4.74 Å². The van der Waals surface area contributed by atoms with Crippen LogP contribution in [0.15, 0.2) is 23.8 Å². The Labute approximate surface area is 56.0 Å². The van der Waals surface area contributed by atoms with Crippen LogP contribution in [0, 0.1) is 0 Å². The fourth-order valence-corrected chi connectivity index (χ4v) is 0.883. The van der Waals surface area contributed by atoms with Gasteiger partial charge in [0.15, 0.2) is 0 Å². The van der Waals surface area contributed by atoms with E-state index in [0.717, 1.165) is 6.42 Å². The lowest BCUT2D eigenvalue weighted by molar-refractivity contribution is 0.142. The molecule has 0 bridgehead atoms. The van der Waals surface area contributed by atoms with E-state index < -0.39 is 0 Å². The van der Waals surface area contributed by atoms with Crippen molar-refractivity contribution >= 4 is 0 Å². The number of methoxy groups -OCH3 is 1. The average molecular weight is 124 g/mol. The Hall–Kier alpha value is -0.560. The molecule has 0 N–H and O–H groups in total. The third kappa shape index (κ3) is 1.68. The number of rotatable bonds is 1. The zero-order valence-corrected chi connectivity index (χ0v) is 5.92. The summed E-state index contributed by atoms with van der Waals surface area (Å²) in [6.07, 6.45) is 7.72. The van der Waals surface area contributed by atoms with Crippen molar-refractivity contribution in [2.45, 2.75) is 19.4 Å². The second-order valence-electron chi connectivity index (χ2n) is 2.32. The van der Waals surface area contributed by atoms with Crippen LogP contribution < -0.4 is 0 Å². The summed E-state index contributed by atoms with van der Waals surface area (Å²) in [5, 5.41) is 0. The average Bonchev–Trinajstić information content (AvgIpc) is 1.90. The summed E-state index contributed by atoms with van der Waals surface area (Å²) in [5.41, 5.74) is 1.34. The van der Waals surface area contributed by atoms with Crippen LogP contribution in [0.2, 0.25) is 0 Å². The predicted octanol–water partition coefficient (Wildman–Crippen LogP) is 1.91. The maximum Gasteiger partial charge on any atom is 0.0789 e. The molecule has 1 atom stereocenters. The van der Waals surface area contributed by atoms with Crippen LogP contribution >= 0.6 is 0 Å². The lowest BCUT2D eigenvalue weighted by atomic mass is 10.1. The highest BCUT2D eigenvalue weighted by molar-refractivity contribution is 5.21. The van der Waals surface area contributed by atoms with Crippen LogP contribution in [0.5, 0.6) is 0 Å². The molecule has 0 aromatic heterocycles. The molecule has 0 heterocycles. The standard InChI is InChI=1S/C8H12O/c1-7-3-5-8(9-2)6-4-7/h3-5,8H,6H2,1-2H3/t8-/m0/s1. The maximum absolute atomic E-state index is 5.11. The van der Waals surface area contributed by atoms with Gasteiger partial charge >= 0.3 is 0 Å². The van der Waals surface area contributed by atoms with Crippen LogP contribution in [-0.2, 0) is 4.74 Å². The van der Waals surface area contributed by atoms with E-state index in [9.17, 15) is 0 Å². The van der Waals surface area contributed by atoms with Crippen molar-refractivity contribution in [3.05, 3.63) is 23.8 Å². The lowest BCUT2D eigenvalue weighted by Gasteiger charge is -2.11. The SMILES string of the molecule is CO[C@H]1C=CC(C)=CC1. The number of allylic oxidation sites excluding steroid dienone is 2. The van der Waals surface area contributed by atoms with E-state index in [1.807, 2.05) is 0 Å². The minimum atomic E-state index is 0.314.